The Kier molecular flexibility index (Phi) is 5.86. The molecule has 0 bridgehead atoms. The van der Waals surface area contributed by atoms with Crippen molar-refractivity contribution in [3.05, 3.63) is 54.6 Å². The Labute approximate surface area is 130 Å². The van der Waals surface area contributed by atoms with Gasteiger partial charge >= 0.3 is 6.95 Å². The van der Waals surface area contributed by atoms with Gasteiger partial charge in [0.1, 0.15) is 5.75 Å². The standard InChI is InChI=1S/C16H18ClO3P/c1-2-3-13-19-21(17,18)20-16-12-8-7-11-15(16)14-9-5-4-6-10-14/h4-12H,2-3,13H2,1H3. The van der Waals surface area contributed by atoms with Gasteiger partial charge in [0.25, 0.3) is 0 Å². The van der Waals surface area contributed by atoms with Gasteiger partial charge < -0.3 is 4.52 Å². The third-order valence-corrected chi connectivity index (χ3v) is 4.33. The molecule has 112 valence electrons. The van der Waals surface area contributed by atoms with Gasteiger partial charge in [-0.1, -0.05) is 61.9 Å². The Morgan fingerprint density at radius 3 is 2.43 bits per heavy atom. The zero-order valence-corrected chi connectivity index (χ0v) is 13.5. The summed E-state index contributed by atoms with van der Waals surface area (Å²) in [6, 6.07) is 17.1. The van der Waals surface area contributed by atoms with E-state index in [1.165, 1.54) is 0 Å². The van der Waals surface area contributed by atoms with E-state index in [9.17, 15) is 4.57 Å². The summed E-state index contributed by atoms with van der Waals surface area (Å²) in [6.07, 6.45) is 1.73. The molecule has 0 N–H and O–H groups in total. The highest BCUT2D eigenvalue weighted by Crippen LogP contribution is 2.54. The van der Waals surface area contributed by atoms with Crippen LogP contribution in [0, 0.1) is 0 Å². The smallest absolute Gasteiger partial charge is 0.413 e. The molecular weight excluding hydrogens is 307 g/mol. The zero-order chi connectivity index (χ0) is 15.1. The van der Waals surface area contributed by atoms with Crippen LogP contribution in [0.15, 0.2) is 54.6 Å². The van der Waals surface area contributed by atoms with Gasteiger partial charge in [0.05, 0.1) is 6.61 Å². The van der Waals surface area contributed by atoms with Crippen molar-refractivity contribution in [3.8, 4) is 16.9 Å². The molecule has 0 aromatic heterocycles. The van der Waals surface area contributed by atoms with Crippen LogP contribution < -0.4 is 4.52 Å². The van der Waals surface area contributed by atoms with Crippen LogP contribution in [0.2, 0.25) is 0 Å². The fourth-order valence-corrected chi connectivity index (χ4v) is 3.09. The van der Waals surface area contributed by atoms with Crippen LogP contribution in [0.5, 0.6) is 5.75 Å². The molecule has 2 aromatic carbocycles. The Morgan fingerprint density at radius 1 is 1.05 bits per heavy atom. The molecule has 1 atom stereocenters. The van der Waals surface area contributed by atoms with Crippen molar-refractivity contribution in [2.24, 2.45) is 0 Å². The number of hydrogen-bond acceptors (Lipinski definition) is 3. The van der Waals surface area contributed by atoms with Gasteiger partial charge in [0.15, 0.2) is 0 Å². The summed E-state index contributed by atoms with van der Waals surface area (Å²) in [5, 5.41) is 0. The number of rotatable bonds is 7. The summed E-state index contributed by atoms with van der Waals surface area (Å²) in [4.78, 5) is 0. The molecule has 0 aliphatic heterocycles. The highest BCUT2D eigenvalue weighted by molar-refractivity contribution is 7.81. The second kappa shape index (κ2) is 7.65. The minimum Gasteiger partial charge on any atom is -0.413 e. The maximum Gasteiger partial charge on any atom is 0.476 e. The predicted octanol–water partition coefficient (Wildman–Crippen LogP) is 5.90. The molecule has 0 saturated carbocycles. The molecule has 0 fully saturated rings. The summed E-state index contributed by atoms with van der Waals surface area (Å²) >= 11 is 5.88. The van der Waals surface area contributed by atoms with E-state index in [1.54, 1.807) is 6.07 Å². The fourth-order valence-electron chi connectivity index (χ4n) is 1.86. The van der Waals surface area contributed by atoms with Crippen molar-refractivity contribution in [2.45, 2.75) is 19.8 Å². The quantitative estimate of drug-likeness (QED) is 0.470. The van der Waals surface area contributed by atoms with Gasteiger partial charge in [0, 0.05) is 16.8 Å². The van der Waals surface area contributed by atoms with E-state index >= 15 is 0 Å². The lowest BCUT2D eigenvalue weighted by atomic mass is 10.1. The Hall–Kier alpha value is -1.28. The van der Waals surface area contributed by atoms with Crippen LogP contribution in [0.4, 0.5) is 0 Å². The first kappa shape index (κ1) is 16.1. The summed E-state index contributed by atoms with van der Waals surface area (Å²) in [6.45, 7) is -1.27. The van der Waals surface area contributed by atoms with Crippen LogP contribution in [0.25, 0.3) is 11.1 Å². The number of benzene rings is 2. The van der Waals surface area contributed by atoms with Gasteiger partial charge in [0.2, 0.25) is 0 Å². The maximum atomic E-state index is 12.2. The maximum absolute atomic E-state index is 12.2. The number of unbranched alkanes of at least 4 members (excludes halogenated alkanes) is 1. The molecule has 3 nitrogen and oxygen atoms in total. The molecule has 2 aromatic rings. The van der Waals surface area contributed by atoms with Crippen LogP contribution in [-0.4, -0.2) is 6.61 Å². The summed E-state index contributed by atoms with van der Waals surface area (Å²) < 4.78 is 22.8. The Bertz CT molecular complexity index is 616. The summed E-state index contributed by atoms with van der Waals surface area (Å²) in [5.41, 5.74) is 1.80. The van der Waals surface area contributed by atoms with Gasteiger partial charge in [-0.25, -0.2) is 4.57 Å². The minimum atomic E-state index is -3.62. The third-order valence-electron chi connectivity index (χ3n) is 2.92. The molecular formula is C16H18ClO3P. The van der Waals surface area contributed by atoms with E-state index in [4.69, 9.17) is 20.3 Å². The van der Waals surface area contributed by atoms with Crippen molar-refractivity contribution in [2.75, 3.05) is 6.61 Å². The zero-order valence-electron chi connectivity index (χ0n) is 11.9. The second-order valence-corrected chi connectivity index (χ2v) is 7.12. The molecule has 0 radical (unpaired) electrons. The lowest BCUT2D eigenvalue weighted by molar-refractivity contribution is 0.274. The fraction of sp³-hybridized carbons (Fsp3) is 0.250. The van der Waals surface area contributed by atoms with Gasteiger partial charge in [-0.2, -0.15) is 0 Å². The van der Waals surface area contributed by atoms with Gasteiger partial charge in [-0.3, -0.25) is 4.52 Å². The molecule has 2 rings (SSSR count). The molecule has 0 saturated heterocycles. The minimum absolute atomic E-state index is 0.324. The number of para-hydroxylation sites is 1. The van der Waals surface area contributed by atoms with Crippen LogP contribution >= 0.6 is 18.2 Å². The average molecular weight is 325 g/mol. The molecule has 0 spiro atoms. The summed E-state index contributed by atoms with van der Waals surface area (Å²) in [7, 11) is 0. The molecule has 0 aliphatic rings. The van der Waals surface area contributed by atoms with Gasteiger partial charge in [-0.05, 0) is 18.1 Å². The normalized spacial score (nSPS) is 13.6. The first-order valence-electron chi connectivity index (χ1n) is 6.90. The van der Waals surface area contributed by atoms with E-state index in [0.29, 0.717) is 12.4 Å². The first-order chi connectivity index (χ1) is 10.1. The van der Waals surface area contributed by atoms with Crippen LogP contribution in [0.1, 0.15) is 19.8 Å². The lowest BCUT2D eigenvalue weighted by Crippen LogP contribution is -1.96. The topological polar surface area (TPSA) is 35.5 Å². The van der Waals surface area contributed by atoms with E-state index in [-0.39, 0.29) is 0 Å². The van der Waals surface area contributed by atoms with Crippen molar-refractivity contribution in [3.63, 3.8) is 0 Å². The monoisotopic (exact) mass is 324 g/mol. The van der Waals surface area contributed by atoms with Gasteiger partial charge in [-0.15, -0.1) is 0 Å². The largest absolute Gasteiger partial charge is 0.476 e. The van der Waals surface area contributed by atoms with Crippen molar-refractivity contribution >= 4 is 18.2 Å². The second-order valence-electron chi connectivity index (χ2n) is 4.57. The van der Waals surface area contributed by atoms with Crippen molar-refractivity contribution in [1.29, 1.82) is 0 Å². The van der Waals surface area contributed by atoms with Crippen molar-refractivity contribution < 1.29 is 13.6 Å². The molecule has 0 heterocycles. The lowest BCUT2D eigenvalue weighted by Gasteiger charge is -2.15. The highest BCUT2D eigenvalue weighted by atomic mass is 35.7. The predicted molar refractivity (Wildman–Crippen MR) is 86.8 cm³/mol. The Morgan fingerprint density at radius 2 is 1.71 bits per heavy atom. The van der Waals surface area contributed by atoms with E-state index < -0.39 is 6.95 Å². The summed E-state index contributed by atoms with van der Waals surface area (Å²) in [5.74, 6) is 0.457. The number of hydrogen-bond donors (Lipinski definition) is 0. The van der Waals surface area contributed by atoms with Crippen molar-refractivity contribution in [1.82, 2.24) is 0 Å². The number of halogens is 1. The molecule has 5 heteroatoms. The molecule has 21 heavy (non-hydrogen) atoms. The van der Waals surface area contributed by atoms with E-state index in [1.807, 2.05) is 55.5 Å². The Balaban J connectivity index is 2.19. The van der Waals surface area contributed by atoms with E-state index in [2.05, 4.69) is 0 Å². The first-order valence-corrected chi connectivity index (χ1v) is 9.35. The average Bonchev–Trinajstić information content (AvgIpc) is 2.48. The SMILES string of the molecule is CCCCOP(=O)(Cl)Oc1ccccc1-c1ccccc1. The van der Waals surface area contributed by atoms with Crippen LogP contribution in [-0.2, 0) is 9.09 Å². The molecule has 1 unspecified atom stereocenters. The highest BCUT2D eigenvalue weighted by Gasteiger charge is 2.24. The molecule has 0 aliphatic carbocycles. The molecule has 0 amide bonds. The third kappa shape index (κ3) is 4.89. The van der Waals surface area contributed by atoms with Crippen LogP contribution in [0.3, 0.4) is 0 Å². The van der Waals surface area contributed by atoms with E-state index in [0.717, 1.165) is 24.0 Å².